The molecule has 1 aromatic heterocycles. The molecule has 1 aromatic rings. The third-order valence-corrected chi connectivity index (χ3v) is 2.44. The van der Waals surface area contributed by atoms with E-state index in [1.54, 1.807) is 11.8 Å². The summed E-state index contributed by atoms with van der Waals surface area (Å²) < 4.78 is 0. The first-order valence-electron chi connectivity index (χ1n) is 4.64. The van der Waals surface area contributed by atoms with E-state index < -0.39 is 16.9 Å². The van der Waals surface area contributed by atoms with Crippen molar-refractivity contribution < 1.29 is 5.11 Å². The van der Waals surface area contributed by atoms with E-state index >= 15 is 0 Å². The summed E-state index contributed by atoms with van der Waals surface area (Å²) in [5, 5.41) is 15.5. The van der Waals surface area contributed by atoms with Crippen molar-refractivity contribution in [2.45, 2.75) is 18.9 Å². The van der Waals surface area contributed by atoms with Crippen LogP contribution >= 0.6 is 0 Å². The molecule has 1 fully saturated rings. The molecule has 7 heteroatoms. The van der Waals surface area contributed by atoms with Crippen LogP contribution in [0.15, 0.2) is 9.59 Å². The number of H-pyrrole nitrogens is 2. The number of hydrogen-bond donors (Lipinski definition) is 3. The number of aromatic nitrogens is 3. The van der Waals surface area contributed by atoms with Crippen molar-refractivity contribution in [3.05, 3.63) is 20.8 Å². The van der Waals surface area contributed by atoms with Gasteiger partial charge in [-0.25, -0.2) is 9.89 Å². The van der Waals surface area contributed by atoms with Crippen molar-refractivity contribution in [1.82, 2.24) is 15.2 Å². The normalized spacial score (nSPS) is 25.9. The van der Waals surface area contributed by atoms with Gasteiger partial charge in [0.15, 0.2) is 0 Å². The van der Waals surface area contributed by atoms with E-state index in [1.165, 1.54) is 0 Å². The standard InChI is InChI=1S/C8H12N4O3/c1-8(15)2-3-12(4-8)5-6(13)9-7(14)11-10-5/h15H,2-4H2,1H3,(H2,9,11,13,14). The van der Waals surface area contributed by atoms with E-state index in [9.17, 15) is 14.7 Å². The topological polar surface area (TPSA) is 102 Å². The first-order chi connectivity index (χ1) is 6.98. The highest BCUT2D eigenvalue weighted by Gasteiger charge is 2.33. The van der Waals surface area contributed by atoms with Gasteiger partial charge < -0.3 is 10.0 Å². The van der Waals surface area contributed by atoms with Gasteiger partial charge in [0.25, 0.3) is 5.56 Å². The molecule has 2 rings (SSSR count). The smallest absolute Gasteiger partial charge is 0.342 e. The summed E-state index contributed by atoms with van der Waals surface area (Å²) in [5.41, 5.74) is -1.96. The molecule has 1 unspecified atom stereocenters. The second kappa shape index (κ2) is 3.20. The number of nitrogens with zero attached hydrogens (tertiary/aromatic N) is 2. The highest BCUT2D eigenvalue weighted by molar-refractivity contribution is 5.36. The molecule has 0 saturated carbocycles. The van der Waals surface area contributed by atoms with Gasteiger partial charge in [-0.3, -0.25) is 9.78 Å². The molecule has 2 heterocycles. The predicted octanol–water partition coefficient (Wildman–Crippen LogP) is -1.58. The van der Waals surface area contributed by atoms with Crippen LogP contribution in [-0.4, -0.2) is 39.0 Å². The van der Waals surface area contributed by atoms with E-state index in [4.69, 9.17) is 0 Å². The Kier molecular flexibility index (Phi) is 2.11. The van der Waals surface area contributed by atoms with Gasteiger partial charge >= 0.3 is 5.69 Å². The molecule has 1 atom stereocenters. The van der Waals surface area contributed by atoms with Crippen molar-refractivity contribution >= 4 is 5.82 Å². The Morgan fingerprint density at radius 1 is 1.53 bits per heavy atom. The monoisotopic (exact) mass is 212 g/mol. The van der Waals surface area contributed by atoms with Crippen LogP contribution in [0.3, 0.4) is 0 Å². The highest BCUT2D eigenvalue weighted by Crippen LogP contribution is 2.22. The van der Waals surface area contributed by atoms with Gasteiger partial charge in [-0.05, 0) is 13.3 Å². The van der Waals surface area contributed by atoms with Crippen LogP contribution in [0, 0.1) is 0 Å². The Morgan fingerprint density at radius 3 is 2.80 bits per heavy atom. The SMILES string of the molecule is CC1(O)CCN(c2n[nH]c(=O)[nH]c2=O)C1. The van der Waals surface area contributed by atoms with E-state index in [0.717, 1.165) is 0 Å². The van der Waals surface area contributed by atoms with Crippen molar-refractivity contribution in [2.24, 2.45) is 0 Å². The lowest BCUT2D eigenvalue weighted by Gasteiger charge is -2.18. The Morgan fingerprint density at radius 2 is 2.27 bits per heavy atom. The van der Waals surface area contributed by atoms with Gasteiger partial charge in [0.05, 0.1) is 5.60 Å². The van der Waals surface area contributed by atoms with Crippen molar-refractivity contribution in [1.29, 1.82) is 0 Å². The molecule has 1 aliphatic rings. The fourth-order valence-corrected chi connectivity index (χ4v) is 1.68. The Labute approximate surface area is 84.8 Å². The summed E-state index contributed by atoms with van der Waals surface area (Å²) in [6, 6.07) is 0. The molecule has 0 bridgehead atoms. The minimum atomic E-state index is -0.801. The molecule has 7 nitrogen and oxygen atoms in total. The third-order valence-electron chi connectivity index (χ3n) is 2.44. The number of anilines is 1. The largest absolute Gasteiger partial charge is 0.388 e. The van der Waals surface area contributed by atoms with E-state index in [2.05, 4.69) is 15.2 Å². The quantitative estimate of drug-likeness (QED) is 0.521. The summed E-state index contributed by atoms with van der Waals surface area (Å²) in [6.45, 7) is 2.59. The van der Waals surface area contributed by atoms with Gasteiger partial charge in [-0.2, -0.15) is 0 Å². The molecule has 3 N–H and O–H groups in total. The maximum atomic E-state index is 11.4. The van der Waals surface area contributed by atoms with Gasteiger partial charge in [-0.15, -0.1) is 5.10 Å². The first kappa shape index (κ1) is 9.91. The number of β-amino-alcohol motifs (C(OH)–C–C–N with tert-alkyl or cyclic N) is 1. The zero-order valence-electron chi connectivity index (χ0n) is 8.28. The van der Waals surface area contributed by atoms with Gasteiger partial charge in [0.2, 0.25) is 5.82 Å². The average Bonchev–Trinajstić information content (AvgIpc) is 2.46. The molecule has 0 radical (unpaired) electrons. The number of hydrogen-bond acceptors (Lipinski definition) is 5. The molecule has 0 spiro atoms. The summed E-state index contributed by atoms with van der Waals surface area (Å²) >= 11 is 0. The zero-order chi connectivity index (χ0) is 11.1. The maximum absolute atomic E-state index is 11.4. The van der Waals surface area contributed by atoms with Crippen molar-refractivity contribution in [3.63, 3.8) is 0 Å². The number of nitrogens with one attached hydrogen (secondary N) is 2. The van der Waals surface area contributed by atoms with Gasteiger partial charge in [0.1, 0.15) is 0 Å². The summed E-state index contributed by atoms with van der Waals surface area (Å²) in [5.74, 6) is 0.146. The van der Waals surface area contributed by atoms with Crippen LogP contribution in [0.4, 0.5) is 5.82 Å². The minimum Gasteiger partial charge on any atom is -0.388 e. The van der Waals surface area contributed by atoms with Crippen molar-refractivity contribution in [3.8, 4) is 0 Å². The second-order valence-corrected chi connectivity index (χ2v) is 4.00. The first-order valence-corrected chi connectivity index (χ1v) is 4.64. The maximum Gasteiger partial charge on any atom is 0.342 e. The number of aromatic amines is 2. The highest BCUT2D eigenvalue weighted by atomic mass is 16.3. The Bertz CT molecular complexity index is 475. The summed E-state index contributed by atoms with van der Waals surface area (Å²) in [7, 11) is 0. The van der Waals surface area contributed by atoms with E-state index in [1.807, 2.05) is 0 Å². The van der Waals surface area contributed by atoms with Crippen LogP contribution in [0.25, 0.3) is 0 Å². The molecule has 82 valence electrons. The molecular weight excluding hydrogens is 200 g/mol. The van der Waals surface area contributed by atoms with Crippen molar-refractivity contribution in [2.75, 3.05) is 18.0 Å². The zero-order valence-corrected chi connectivity index (χ0v) is 8.28. The summed E-state index contributed by atoms with van der Waals surface area (Å²) in [4.78, 5) is 25.9. The molecule has 0 amide bonds. The average molecular weight is 212 g/mol. The fraction of sp³-hybridized carbons (Fsp3) is 0.625. The van der Waals surface area contributed by atoms with Gasteiger partial charge in [-0.1, -0.05) is 0 Å². The lowest BCUT2D eigenvalue weighted by atomic mass is 10.1. The molecule has 1 saturated heterocycles. The Balaban J connectivity index is 2.32. The molecule has 0 aliphatic carbocycles. The molecular formula is C8H12N4O3. The van der Waals surface area contributed by atoms with E-state index in [0.29, 0.717) is 19.5 Å². The van der Waals surface area contributed by atoms with Gasteiger partial charge in [0, 0.05) is 13.1 Å². The van der Waals surface area contributed by atoms with Crippen LogP contribution < -0.4 is 16.1 Å². The fourth-order valence-electron chi connectivity index (χ4n) is 1.68. The number of aliphatic hydroxyl groups is 1. The van der Waals surface area contributed by atoms with Crippen LogP contribution in [0.1, 0.15) is 13.3 Å². The minimum absolute atomic E-state index is 0.146. The van der Waals surface area contributed by atoms with Crippen LogP contribution in [0.2, 0.25) is 0 Å². The number of rotatable bonds is 1. The van der Waals surface area contributed by atoms with Crippen LogP contribution in [0.5, 0.6) is 0 Å². The molecule has 0 aromatic carbocycles. The molecule has 1 aliphatic heterocycles. The predicted molar refractivity (Wildman–Crippen MR) is 52.9 cm³/mol. The lowest BCUT2D eigenvalue weighted by molar-refractivity contribution is 0.0839. The van der Waals surface area contributed by atoms with E-state index in [-0.39, 0.29) is 5.82 Å². The lowest BCUT2D eigenvalue weighted by Crippen LogP contribution is -2.36. The third kappa shape index (κ3) is 1.91. The Hall–Kier alpha value is -1.63. The second-order valence-electron chi connectivity index (χ2n) is 4.00. The summed E-state index contributed by atoms with van der Waals surface area (Å²) in [6.07, 6.45) is 0.577. The van der Waals surface area contributed by atoms with Crippen LogP contribution in [-0.2, 0) is 0 Å². The molecule has 15 heavy (non-hydrogen) atoms.